The molecule has 1 aliphatic rings. The van der Waals surface area contributed by atoms with Crippen LogP contribution >= 0.6 is 0 Å². The standard InChI is InChI=1S/C18H25N3/c1-12-8-13(2)10-14(9-12)21-16-6-7-19-11-15(16)20-17(21)18(3,4)5/h8-10,19H,6-7,11H2,1-5H3. The minimum Gasteiger partial charge on any atom is -0.311 e. The summed E-state index contributed by atoms with van der Waals surface area (Å²) < 4.78 is 2.40. The smallest absolute Gasteiger partial charge is 0.119 e. The van der Waals surface area contributed by atoms with E-state index in [0.717, 1.165) is 19.5 Å². The predicted molar refractivity (Wildman–Crippen MR) is 87.1 cm³/mol. The minimum atomic E-state index is 0.0367. The fourth-order valence-electron chi connectivity index (χ4n) is 3.17. The van der Waals surface area contributed by atoms with E-state index in [0.29, 0.717) is 0 Å². The maximum atomic E-state index is 4.96. The van der Waals surface area contributed by atoms with Crippen molar-refractivity contribution in [1.82, 2.24) is 14.9 Å². The Balaban J connectivity index is 2.26. The van der Waals surface area contributed by atoms with E-state index in [2.05, 4.69) is 62.7 Å². The first-order valence-electron chi connectivity index (χ1n) is 7.76. The van der Waals surface area contributed by atoms with Crippen LogP contribution in [-0.4, -0.2) is 16.1 Å². The molecule has 1 N–H and O–H groups in total. The molecular weight excluding hydrogens is 258 g/mol. The SMILES string of the molecule is Cc1cc(C)cc(-n2c(C(C)(C)C)nc3c2CCNC3)c1. The highest BCUT2D eigenvalue weighted by atomic mass is 15.1. The molecule has 0 fully saturated rings. The highest BCUT2D eigenvalue weighted by Crippen LogP contribution is 2.30. The van der Waals surface area contributed by atoms with Crippen molar-refractivity contribution < 1.29 is 0 Å². The summed E-state index contributed by atoms with van der Waals surface area (Å²) in [7, 11) is 0. The lowest BCUT2D eigenvalue weighted by Gasteiger charge is -2.22. The Morgan fingerprint density at radius 2 is 1.76 bits per heavy atom. The molecule has 0 amide bonds. The number of nitrogens with zero attached hydrogens (tertiary/aromatic N) is 2. The van der Waals surface area contributed by atoms with E-state index in [1.54, 1.807) is 0 Å². The summed E-state index contributed by atoms with van der Waals surface area (Å²) in [5.74, 6) is 1.17. The quantitative estimate of drug-likeness (QED) is 0.869. The van der Waals surface area contributed by atoms with E-state index in [9.17, 15) is 0 Å². The average molecular weight is 283 g/mol. The van der Waals surface area contributed by atoms with Gasteiger partial charge in [0, 0.05) is 36.3 Å². The van der Waals surface area contributed by atoms with E-state index < -0.39 is 0 Å². The van der Waals surface area contributed by atoms with Crippen molar-refractivity contribution in [2.45, 2.75) is 53.0 Å². The van der Waals surface area contributed by atoms with Crippen LogP contribution in [0.1, 0.15) is 49.1 Å². The molecule has 1 aromatic carbocycles. The Labute approximate surface area is 127 Å². The molecule has 1 aromatic heterocycles. The summed E-state index contributed by atoms with van der Waals surface area (Å²) in [5, 5.41) is 3.43. The second kappa shape index (κ2) is 4.99. The summed E-state index contributed by atoms with van der Waals surface area (Å²) in [6.45, 7) is 13.0. The van der Waals surface area contributed by atoms with Crippen LogP contribution < -0.4 is 5.32 Å². The number of hydrogen-bond acceptors (Lipinski definition) is 2. The topological polar surface area (TPSA) is 29.9 Å². The van der Waals surface area contributed by atoms with Gasteiger partial charge in [-0.25, -0.2) is 4.98 Å². The van der Waals surface area contributed by atoms with Gasteiger partial charge >= 0.3 is 0 Å². The van der Waals surface area contributed by atoms with Crippen molar-refractivity contribution in [3.05, 3.63) is 46.5 Å². The van der Waals surface area contributed by atoms with Gasteiger partial charge in [-0.15, -0.1) is 0 Å². The second-order valence-corrected chi connectivity index (χ2v) is 7.19. The molecule has 0 saturated carbocycles. The van der Waals surface area contributed by atoms with Gasteiger partial charge in [0.05, 0.1) is 5.69 Å². The first-order chi connectivity index (χ1) is 9.86. The number of nitrogens with one attached hydrogen (secondary N) is 1. The van der Waals surface area contributed by atoms with Crippen LogP contribution in [0.2, 0.25) is 0 Å². The fraction of sp³-hybridized carbons (Fsp3) is 0.500. The summed E-state index contributed by atoms with van der Waals surface area (Å²) >= 11 is 0. The molecule has 1 aliphatic heterocycles. The van der Waals surface area contributed by atoms with Gasteiger partial charge in [-0.3, -0.25) is 4.57 Å². The van der Waals surface area contributed by atoms with Gasteiger partial charge in [-0.1, -0.05) is 26.8 Å². The molecule has 2 aromatic rings. The Kier molecular flexibility index (Phi) is 3.40. The van der Waals surface area contributed by atoms with Crippen LogP contribution in [0, 0.1) is 13.8 Å². The van der Waals surface area contributed by atoms with Gasteiger partial charge in [0.25, 0.3) is 0 Å². The maximum absolute atomic E-state index is 4.96. The van der Waals surface area contributed by atoms with Crippen molar-refractivity contribution in [2.75, 3.05) is 6.54 Å². The van der Waals surface area contributed by atoms with E-state index >= 15 is 0 Å². The Bertz CT molecular complexity index is 654. The summed E-state index contributed by atoms with van der Waals surface area (Å²) in [5.41, 5.74) is 6.50. The number of aromatic nitrogens is 2. The van der Waals surface area contributed by atoms with Crippen molar-refractivity contribution in [1.29, 1.82) is 0 Å². The molecule has 0 aliphatic carbocycles. The van der Waals surface area contributed by atoms with Gasteiger partial charge in [0.1, 0.15) is 5.82 Å². The Hall–Kier alpha value is -1.61. The molecule has 2 heterocycles. The third-order valence-corrected chi connectivity index (χ3v) is 4.02. The fourth-order valence-corrected chi connectivity index (χ4v) is 3.17. The first kappa shape index (κ1) is 14.3. The number of fused-ring (bicyclic) bond motifs is 1. The largest absolute Gasteiger partial charge is 0.311 e. The third-order valence-electron chi connectivity index (χ3n) is 4.02. The Morgan fingerprint density at radius 1 is 1.10 bits per heavy atom. The predicted octanol–water partition coefficient (Wildman–Crippen LogP) is 3.43. The van der Waals surface area contributed by atoms with Crippen molar-refractivity contribution in [2.24, 2.45) is 0 Å². The van der Waals surface area contributed by atoms with Gasteiger partial charge in [0.2, 0.25) is 0 Å². The van der Waals surface area contributed by atoms with Gasteiger partial charge in [-0.2, -0.15) is 0 Å². The summed E-state index contributed by atoms with van der Waals surface area (Å²) in [6, 6.07) is 6.77. The van der Waals surface area contributed by atoms with E-state index in [1.807, 2.05) is 0 Å². The van der Waals surface area contributed by atoms with Crippen molar-refractivity contribution in [3.8, 4) is 5.69 Å². The van der Waals surface area contributed by atoms with E-state index in [-0.39, 0.29) is 5.41 Å². The van der Waals surface area contributed by atoms with Crippen molar-refractivity contribution >= 4 is 0 Å². The van der Waals surface area contributed by atoms with Crippen LogP contribution in [0.15, 0.2) is 18.2 Å². The second-order valence-electron chi connectivity index (χ2n) is 7.19. The molecule has 3 heteroatoms. The van der Waals surface area contributed by atoms with Crippen LogP contribution in [0.3, 0.4) is 0 Å². The molecule has 3 nitrogen and oxygen atoms in total. The van der Waals surface area contributed by atoms with Crippen LogP contribution in [0.25, 0.3) is 5.69 Å². The molecule has 0 atom stereocenters. The van der Waals surface area contributed by atoms with Gasteiger partial charge in [0.15, 0.2) is 0 Å². The zero-order valence-electron chi connectivity index (χ0n) is 13.7. The molecule has 0 bridgehead atoms. The van der Waals surface area contributed by atoms with Crippen LogP contribution in [-0.2, 0) is 18.4 Å². The number of hydrogen-bond donors (Lipinski definition) is 1. The molecule has 3 rings (SSSR count). The number of rotatable bonds is 1. The lowest BCUT2D eigenvalue weighted by Crippen LogP contribution is -2.25. The molecule has 0 spiro atoms. The molecule has 21 heavy (non-hydrogen) atoms. The maximum Gasteiger partial charge on any atom is 0.119 e. The van der Waals surface area contributed by atoms with Gasteiger partial charge in [-0.05, 0) is 37.1 Å². The lowest BCUT2D eigenvalue weighted by molar-refractivity contribution is 0.533. The van der Waals surface area contributed by atoms with E-state index in [4.69, 9.17) is 4.98 Å². The zero-order chi connectivity index (χ0) is 15.2. The molecule has 0 saturated heterocycles. The van der Waals surface area contributed by atoms with Crippen molar-refractivity contribution in [3.63, 3.8) is 0 Å². The molecular formula is C18H25N3. The monoisotopic (exact) mass is 283 g/mol. The van der Waals surface area contributed by atoms with Crippen LogP contribution in [0.4, 0.5) is 0 Å². The number of imidazole rings is 1. The summed E-state index contributed by atoms with van der Waals surface area (Å²) in [4.78, 5) is 4.96. The average Bonchev–Trinajstić information content (AvgIpc) is 2.76. The minimum absolute atomic E-state index is 0.0367. The highest BCUT2D eigenvalue weighted by molar-refractivity contribution is 5.44. The normalized spacial score (nSPS) is 15.1. The zero-order valence-corrected chi connectivity index (χ0v) is 13.7. The molecule has 0 unspecified atom stereocenters. The number of aryl methyl sites for hydroxylation is 2. The molecule has 0 radical (unpaired) electrons. The lowest BCUT2D eigenvalue weighted by atomic mass is 9.95. The van der Waals surface area contributed by atoms with E-state index in [1.165, 1.54) is 34.0 Å². The molecule has 112 valence electrons. The van der Waals surface area contributed by atoms with Crippen LogP contribution in [0.5, 0.6) is 0 Å². The Morgan fingerprint density at radius 3 is 2.38 bits per heavy atom. The highest BCUT2D eigenvalue weighted by Gasteiger charge is 2.27. The van der Waals surface area contributed by atoms with Gasteiger partial charge < -0.3 is 5.32 Å². The number of benzene rings is 1. The third kappa shape index (κ3) is 2.62. The first-order valence-corrected chi connectivity index (χ1v) is 7.76. The summed E-state index contributed by atoms with van der Waals surface area (Å²) in [6.07, 6.45) is 1.05.